The van der Waals surface area contributed by atoms with Crippen LogP contribution in [0.5, 0.6) is 0 Å². The molecule has 1 N–H and O–H groups in total. The fourth-order valence-corrected chi connectivity index (χ4v) is 2.27. The van der Waals surface area contributed by atoms with Gasteiger partial charge in [-0.1, -0.05) is 6.07 Å². The van der Waals surface area contributed by atoms with E-state index >= 15 is 0 Å². The van der Waals surface area contributed by atoms with E-state index in [-0.39, 0.29) is 11.8 Å². The summed E-state index contributed by atoms with van der Waals surface area (Å²) in [5.74, 6) is -0.716. The second-order valence-electron chi connectivity index (χ2n) is 4.14. The van der Waals surface area contributed by atoms with Gasteiger partial charge in [-0.2, -0.15) is 0 Å². The van der Waals surface area contributed by atoms with E-state index < -0.39 is 5.97 Å². The molecule has 2 rings (SSSR count). The second kappa shape index (κ2) is 4.33. The number of carbonyl (C=O) groups is 1. The van der Waals surface area contributed by atoms with Gasteiger partial charge >= 0.3 is 5.97 Å². The Morgan fingerprint density at radius 2 is 2.40 bits per heavy atom. The molecule has 0 bridgehead atoms. The molecule has 0 amide bonds. The van der Waals surface area contributed by atoms with Gasteiger partial charge < -0.3 is 9.84 Å². The molecule has 0 spiro atoms. The molecule has 1 aromatic heterocycles. The minimum Gasteiger partial charge on any atom is -0.481 e. The van der Waals surface area contributed by atoms with Gasteiger partial charge in [-0.3, -0.25) is 4.79 Å². The van der Waals surface area contributed by atoms with Crippen LogP contribution in [0.25, 0.3) is 0 Å². The van der Waals surface area contributed by atoms with Crippen molar-refractivity contribution in [3.63, 3.8) is 0 Å². The zero-order valence-electron chi connectivity index (χ0n) is 8.44. The molecular weight excluding hydrogens is 212 g/mol. The van der Waals surface area contributed by atoms with Crippen LogP contribution in [-0.4, -0.2) is 17.7 Å². The van der Waals surface area contributed by atoms with E-state index in [0.29, 0.717) is 13.2 Å². The highest BCUT2D eigenvalue weighted by atomic mass is 32.1. The zero-order chi connectivity index (χ0) is 10.7. The fourth-order valence-electron chi connectivity index (χ4n) is 1.63. The SMILES string of the molecule is O=C(O)CC1(COCc2cccs2)CC1. The lowest BCUT2D eigenvalue weighted by molar-refractivity contribution is -0.139. The number of carboxylic acids is 1. The standard InChI is InChI=1S/C11H14O3S/c12-10(13)6-11(3-4-11)8-14-7-9-2-1-5-15-9/h1-2,5H,3-4,6-8H2,(H,12,13). The smallest absolute Gasteiger partial charge is 0.303 e. The van der Waals surface area contributed by atoms with Crippen molar-refractivity contribution in [3.05, 3.63) is 22.4 Å². The Labute approximate surface area is 92.7 Å². The number of rotatable bonds is 6. The Morgan fingerprint density at radius 1 is 1.60 bits per heavy atom. The fraction of sp³-hybridized carbons (Fsp3) is 0.545. The van der Waals surface area contributed by atoms with Gasteiger partial charge in [-0.15, -0.1) is 11.3 Å². The molecule has 0 atom stereocenters. The lowest BCUT2D eigenvalue weighted by Crippen LogP contribution is -2.15. The summed E-state index contributed by atoms with van der Waals surface area (Å²) in [6.07, 6.45) is 2.23. The number of hydrogen-bond acceptors (Lipinski definition) is 3. The Kier molecular flexibility index (Phi) is 3.07. The minimum absolute atomic E-state index is 0.0525. The molecule has 1 fully saturated rings. The van der Waals surface area contributed by atoms with Crippen LogP contribution < -0.4 is 0 Å². The summed E-state index contributed by atoms with van der Waals surface area (Å²) >= 11 is 1.67. The molecule has 0 aromatic carbocycles. The molecule has 1 heterocycles. The van der Waals surface area contributed by atoms with Gasteiger partial charge in [0.1, 0.15) is 0 Å². The predicted molar refractivity (Wildman–Crippen MR) is 57.9 cm³/mol. The van der Waals surface area contributed by atoms with Gasteiger partial charge in [0.05, 0.1) is 19.6 Å². The molecular formula is C11H14O3S. The first-order valence-corrected chi connectivity index (χ1v) is 5.90. The van der Waals surface area contributed by atoms with E-state index in [2.05, 4.69) is 0 Å². The summed E-state index contributed by atoms with van der Waals surface area (Å²) in [7, 11) is 0. The zero-order valence-corrected chi connectivity index (χ0v) is 9.26. The average Bonchev–Trinajstić information content (AvgIpc) is 2.74. The summed E-state index contributed by atoms with van der Waals surface area (Å²) in [4.78, 5) is 11.8. The Balaban J connectivity index is 1.72. The van der Waals surface area contributed by atoms with E-state index in [1.807, 2.05) is 17.5 Å². The highest BCUT2D eigenvalue weighted by Gasteiger charge is 2.44. The number of carboxylic acid groups (broad SMARTS) is 1. The Morgan fingerprint density at radius 3 is 2.93 bits per heavy atom. The van der Waals surface area contributed by atoms with E-state index in [9.17, 15) is 4.79 Å². The molecule has 0 radical (unpaired) electrons. The lowest BCUT2D eigenvalue weighted by Gasteiger charge is -2.12. The first-order chi connectivity index (χ1) is 7.20. The summed E-state index contributed by atoms with van der Waals surface area (Å²) in [6.45, 7) is 1.19. The molecule has 4 heteroatoms. The first-order valence-electron chi connectivity index (χ1n) is 5.02. The maximum absolute atomic E-state index is 10.6. The predicted octanol–water partition coefficient (Wildman–Crippen LogP) is 2.52. The van der Waals surface area contributed by atoms with Crippen molar-refractivity contribution in [2.75, 3.05) is 6.61 Å². The molecule has 3 nitrogen and oxygen atoms in total. The van der Waals surface area contributed by atoms with Gasteiger partial charge in [0, 0.05) is 10.3 Å². The largest absolute Gasteiger partial charge is 0.481 e. The molecule has 1 aromatic rings. The third kappa shape index (κ3) is 3.04. The van der Waals surface area contributed by atoms with Gasteiger partial charge in [0.25, 0.3) is 0 Å². The highest BCUT2D eigenvalue weighted by Crippen LogP contribution is 2.49. The van der Waals surface area contributed by atoms with E-state index in [1.54, 1.807) is 11.3 Å². The lowest BCUT2D eigenvalue weighted by atomic mass is 10.0. The van der Waals surface area contributed by atoms with Crippen molar-refractivity contribution in [1.82, 2.24) is 0 Å². The monoisotopic (exact) mass is 226 g/mol. The number of hydrogen-bond donors (Lipinski definition) is 1. The first kappa shape index (κ1) is 10.6. The summed E-state index contributed by atoms with van der Waals surface area (Å²) in [5.41, 5.74) is -0.0525. The minimum atomic E-state index is -0.716. The van der Waals surface area contributed by atoms with Crippen LogP contribution in [0.2, 0.25) is 0 Å². The highest BCUT2D eigenvalue weighted by molar-refractivity contribution is 7.09. The van der Waals surface area contributed by atoms with Crippen molar-refractivity contribution in [1.29, 1.82) is 0 Å². The van der Waals surface area contributed by atoms with Crippen molar-refractivity contribution >= 4 is 17.3 Å². The van der Waals surface area contributed by atoms with Crippen LogP contribution in [0.4, 0.5) is 0 Å². The van der Waals surface area contributed by atoms with E-state index in [4.69, 9.17) is 9.84 Å². The number of ether oxygens (including phenoxy) is 1. The van der Waals surface area contributed by atoms with E-state index in [0.717, 1.165) is 12.8 Å². The van der Waals surface area contributed by atoms with Crippen LogP contribution in [0.3, 0.4) is 0 Å². The van der Waals surface area contributed by atoms with Crippen LogP contribution in [0.15, 0.2) is 17.5 Å². The normalized spacial score (nSPS) is 17.6. The summed E-state index contributed by atoms with van der Waals surface area (Å²) < 4.78 is 5.55. The van der Waals surface area contributed by atoms with E-state index in [1.165, 1.54) is 4.88 Å². The number of thiophene rings is 1. The molecule has 1 aliphatic carbocycles. The van der Waals surface area contributed by atoms with Gasteiger partial charge in [-0.25, -0.2) is 0 Å². The third-order valence-electron chi connectivity index (χ3n) is 2.72. The van der Waals surface area contributed by atoms with Crippen LogP contribution in [0.1, 0.15) is 24.1 Å². The summed E-state index contributed by atoms with van der Waals surface area (Å²) in [5, 5.41) is 10.7. The molecule has 0 aliphatic heterocycles. The van der Waals surface area contributed by atoms with Crippen molar-refractivity contribution < 1.29 is 14.6 Å². The van der Waals surface area contributed by atoms with Crippen LogP contribution in [0, 0.1) is 5.41 Å². The maximum atomic E-state index is 10.6. The average molecular weight is 226 g/mol. The van der Waals surface area contributed by atoms with Crippen LogP contribution >= 0.6 is 11.3 Å². The molecule has 1 saturated carbocycles. The Bertz CT molecular complexity index is 328. The molecule has 15 heavy (non-hydrogen) atoms. The molecule has 0 unspecified atom stereocenters. The Hall–Kier alpha value is -0.870. The molecule has 1 aliphatic rings. The summed E-state index contributed by atoms with van der Waals surface area (Å²) in [6, 6.07) is 4.02. The van der Waals surface area contributed by atoms with Gasteiger partial charge in [-0.05, 0) is 24.3 Å². The van der Waals surface area contributed by atoms with Gasteiger partial charge in [0.15, 0.2) is 0 Å². The maximum Gasteiger partial charge on any atom is 0.303 e. The molecule has 0 saturated heterocycles. The van der Waals surface area contributed by atoms with Gasteiger partial charge in [0.2, 0.25) is 0 Å². The second-order valence-corrected chi connectivity index (χ2v) is 5.17. The van der Waals surface area contributed by atoms with Crippen LogP contribution in [-0.2, 0) is 16.1 Å². The number of aliphatic carboxylic acids is 1. The molecule has 82 valence electrons. The third-order valence-corrected chi connectivity index (χ3v) is 3.57. The van der Waals surface area contributed by atoms with Crippen molar-refractivity contribution in [2.45, 2.75) is 25.9 Å². The quantitative estimate of drug-likeness (QED) is 0.810. The van der Waals surface area contributed by atoms with Crippen molar-refractivity contribution in [3.8, 4) is 0 Å². The van der Waals surface area contributed by atoms with Crippen molar-refractivity contribution in [2.24, 2.45) is 5.41 Å². The topological polar surface area (TPSA) is 46.5 Å².